The quantitative estimate of drug-likeness (QED) is 0.749. The first-order chi connectivity index (χ1) is 12.3. The Labute approximate surface area is 153 Å². The Morgan fingerprint density at radius 3 is 2.27 bits per heavy atom. The zero-order valence-electron chi connectivity index (χ0n) is 15.1. The van der Waals surface area contributed by atoms with Gasteiger partial charge in [-0.05, 0) is 49.6 Å². The van der Waals surface area contributed by atoms with Crippen LogP contribution in [-0.2, 0) is 16.6 Å². The number of sulfonamides is 1. The molecule has 5 nitrogen and oxygen atoms in total. The highest BCUT2D eigenvalue weighted by Crippen LogP contribution is 2.19. The molecule has 1 N–H and O–H groups in total. The fourth-order valence-corrected chi connectivity index (χ4v) is 4.33. The van der Waals surface area contributed by atoms with E-state index in [-0.39, 0.29) is 23.5 Å². The molecule has 26 heavy (non-hydrogen) atoms. The van der Waals surface area contributed by atoms with Gasteiger partial charge in [-0.25, -0.2) is 8.42 Å². The van der Waals surface area contributed by atoms with Crippen molar-refractivity contribution < 1.29 is 8.42 Å². The third-order valence-corrected chi connectivity index (χ3v) is 6.37. The van der Waals surface area contributed by atoms with Gasteiger partial charge < -0.3 is 4.98 Å². The van der Waals surface area contributed by atoms with E-state index in [4.69, 9.17) is 0 Å². The minimum absolute atomic E-state index is 0.0337. The lowest BCUT2D eigenvalue weighted by Gasteiger charge is -2.20. The molecular formula is C20H22N2O3S. The summed E-state index contributed by atoms with van der Waals surface area (Å²) in [4.78, 5) is 15.5. The largest absolute Gasteiger partial charge is 0.322 e. The van der Waals surface area contributed by atoms with Gasteiger partial charge in [-0.3, -0.25) is 4.79 Å². The Morgan fingerprint density at radius 1 is 0.962 bits per heavy atom. The van der Waals surface area contributed by atoms with Crippen LogP contribution in [0.5, 0.6) is 0 Å². The summed E-state index contributed by atoms with van der Waals surface area (Å²) < 4.78 is 27.2. The summed E-state index contributed by atoms with van der Waals surface area (Å²) in [6.45, 7) is 5.97. The number of nitrogens with one attached hydrogen (secondary N) is 1. The number of hydrogen-bond donors (Lipinski definition) is 1. The van der Waals surface area contributed by atoms with E-state index in [0.717, 1.165) is 22.0 Å². The van der Waals surface area contributed by atoms with Crippen LogP contribution in [0.3, 0.4) is 0 Å². The molecule has 1 heterocycles. The van der Waals surface area contributed by atoms with Gasteiger partial charge in [0.1, 0.15) is 0 Å². The lowest BCUT2D eigenvalue weighted by Crippen LogP contribution is -2.32. The summed E-state index contributed by atoms with van der Waals surface area (Å²) in [7, 11) is -3.66. The lowest BCUT2D eigenvalue weighted by atomic mass is 10.1. The first kappa shape index (κ1) is 18.4. The van der Waals surface area contributed by atoms with Gasteiger partial charge in [0.05, 0.1) is 4.90 Å². The van der Waals surface area contributed by atoms with Gasteiger partial charge in [0.25, 0.3) is 5.56 Å². The second kappa shape index (κ2) is 7.05. The molecule has 6 heteroatoms. The maximum absolute atomic E-state index is 12.9. The van der Waals surface area contributed by atoms with Crippen LogP contribution in [-0.4, -0.2) is 24.3 Å². The number of aromatic amines is 1. The zero-order chi connectivity index (χ0) is 18.9. The fraction of sp³-hybridized carbons (Fsp3) is 0.250. The van der Waals surface area contributed by atoms with E-state index in [2.05, 4.69) is 4.98 Å². The topological polar surface area (TPSA) is 70.2 Å². The molecule has 0 saturated heterocycles. The van der Waals surface area contributed by atoms with E-state index in [9.17, 15) is 13.2 Å². The molecule has 3 aromatic rings. The molecule has 3 rings (SSSR count). The van der Waals surface area contributed by atoms with Crippen molar-refractivity contribution in [2.45, 2.75) is 32.2 Å². The highest BCUT2D eigenvalue weighted by atomic mass is 32.2. The Kier molecular flexibility index (Phi) is 4.98. The monoisotopic (exact) mass is 370 g/mol. The van der Waals surface area contributed by atoms with E-state index in [1.54, 1.807) is 37.3 Å². The Morgan fingerprint density at radius 2 is 1.62 bits per heavy atom. The van der Waals surface area contributed by atoms with Crippen LogP contribution in [0.15, 0.2) is 58.2 Å². The molecule has 0 fully saturated rings. The van der Waals surface area contributed by atoms with Crippen molar-refractivity contribution in [2.24, 2.45) is 0 Å². The molecule has 0 aliphatic carbocycles. The number of benzene rings is 2. The first-order valence-corrected chi connectivity index (χ1v) is 9.94. The summed E-state index contributed by atoms with van der Waals surface area (Å²) >= 11 is 0. The molecule has 0 bridgehead atoms. The standard InChI is InChI=1S/C20H22N2O3S/c1-4-22(26(24,25)18-8-5-14(2)6-9-18)13-17-12-16-11-15(3)7-10-19(16)21-20(17)23/h5-12H,4,13H2,1-3H3,(H,21,23). The third kappa shape index (κ3) is 3.57. The second-order valence-corrected chi connectivity index (χ2v) is 8.40. The summed E-state index contributed by atoms with van der Waals surface area (Å²) in [6.07, 6.45) is 0. The van der Waals surface area contributed by atoms with E-state index in [1.165, 1.54) is 4.31 Å². The predicted molar refractivity (Wildman–Crippen MR) is 104 cm³/mol. The maximum atomic E-state index is 12.9. The summed E-state index contributed by atoms with van der Waals surface area (Å²) in [6, 6.07) is 14.3. The number of H-pyrrole nitrogens is 1. The average molecular weight is 370 g/mol. The zero-order valence-corrected chi connectivity index (χ0v) is 15.9. The highest BCUT2D eigenvalue weighted by Gasteiger charge is 2.24. The van der Waals surface area contributed by atoms with Crippen LogP contribution in [0.2, 0.25) is 0 Å². The van der Waals surface area contributed by atoms with E-state index < -0.39 is 10.0 Å². The van der Waals surface area contributed by atoms with E-state index in [0.29, 0.717) is 5.56 Å². The SMILES string of the molecule is CCN(Cc1cc2cc(C)ccc2[nH]c1=O)S(=O)(=O)c1ccc(C)cc1. The van der Waals surface area contributed by atoms with Gasteiger partial charge in [0.2, 0.25) is 10.0 Å². The van der Waals surface area contributed by atoms with Crippen molar-refractivity contribution in [3.05, 3.63) is 75.6 Å². The minimum Gasteiger partial charge on any atom is -0.322 e. The van der Waals surface area contributed by atoms with Crippen molar-refractivity contribution in [3.63, 3.8) is 0 Å². The van der Waals surface area contributed by atoms with Crippen LogP contribution >= 0.6 is 0 Å². The Bertz CT molecular complexity index is 1100. The van der Waals surface area contributed by atoms with E-state index >= 15 is 0 Å². The molecule has 0 atom stereocenters. The first-order valence-electron chi connectivity index (χ1n) is 8.50. The van der Waals surface area contributed by atoms with Crippen molar-refractivity contribution in [1.29, 1.82) is 0 Å². The smallest absolute Gasteiger partial charge is 0.252 e. The summed E-state index contributed by atoms with van der Waals surface area (Å²) in [5, 5.41) is 0.892. The predicted octanol–water partition coefficient (Wildman–Crippen LogP) is 3.36. The Hall–Kier alpha value is -2.44. The van der Waals surface area contributed by atoms with Crippen LogP contribution in [0, 0.1) is 13.8 Å². The Balaban J connectivity index is 2.00. The average Bonchev–Trinajstić information content (AvgIpc) is 2.60. The number of rotatable bonds is 5. The number of fused-ring (bicyclic) bond motifs is 1. The minimum atomic E-state index is -3.66. The molecule has 0 aliphatic rings. The molecule has 0 unspecified atom stereocenters. The molecule has 0 aliphatic heterocycles. The number of nitrogens with zero attached hydrogens (tertiary/aromatic N) is 1. The second-order valence-electron chi connectivity index (χ2n) is 6.46. The summed E-state index contributed by atoms with van der Waals surface area (Å²) in [5.41, 5.74) is 2.98. The van der Waals surface area contributed by atoms with Gasteiger partial charge in [0.15, 0.2) is 0 Å². The van der Waals surface area contributed by atoms with Crippen LogP contribution in [0.25, 0.3) is 10.9 Å². The van der Waals surface area contributed by atoms with Gasteiger partial charge in [0, 0.05) is 24.2 Å². The molecule has 0 radical (unpaired) electrons. The van der Waals surface area contributed by atoms with Crippen LogP contribution < -0.4 is 5.56 Å². The number of aryl methyl sites for hydroxylation is 2. The van der Waals surface area contributed by atoms with E-state index in [1.807, 2.05) is 32.0 Å². The lowest BCUT2D eigenvalue weighted by molar-refractivity contribution is 0.422. The van der Waals surface area contributed by atoms with Crippen LogP contribution in [0.4, 0.5) is 0 Å². The number of aromatic nitrogens is 1. The van der Waals surface area contributed by atoms with Crippen molar-refractivity contribution in [2.75, 3.05) is 6.54 Å². The molecule has 1 aromatic heterocycles. The maximum Gasteiger partial charge on any atom is 0.252 e. The normalized spacial score (nSPS) is 12.0. The fourth-order valence-electron chi connectivity index (χ4n) is 2.90. The number of pyridine rings is 1. The molecule has 0 saturated carbocycles. The van der Waals surface area contributed by atoms with Gasteiger partial charge >= 0.3 is 0 Å². The molecule has 0 spiro atoms. The molecule has 2 aromatic carbocycles. The van der Waals surface area contributed by atoms with Crippen LogP contribution in [0.1, 0.15) is 23.6 Å². The third-order valence-electron chi connectivity index (χ3n) is 4.43. The van der Waals surface area contributed by atoms with Gasteiger partial charge in [-0.2, -0.15) is 4.31 Å². The molecular weight excluding hydrogens is 348 g/mol. The van der Waals surface area contributed by atoms with Gasteiger partial charge in [-0.15, -0.1) is 0 Å². The number of hydrogen-bond acceptors (Lipinski definition) is 3. The van der Waals surface area contributed by atoms with Gasteiger partial charge in [-0.1, -0.05) is 36.2 Å². The van der Waals surface area contributed by atoms with Crippen molar-refractivity contribution in [1.82, 2.24) is 9.29 Å². The van der Waals surface area contributed by atoms with Crippen molar-refractivity contribution >= 4 is 20.9 Å². The summed E-state index contributed by atoms with van der Waals surface area (Å²) in [5.74, 6) is 0. The van der Waals surface area contributed by atoms with Crippen molar-refractivity contribution in [3.8, 4) is 0 Å². The highest BCUT2D eigenvalue weighted by molar-refractivity contribution is 7.89. The molecule has 0 amide bonds. The molecule has 136 valence electrons.